The van der Waals surface area contributed by atoms with Gasteiger partial charge in [-0.1, -0.05) is 22.9 Å². The third-order valence-corrected chi connectivity index (χ3v) is 4.71. The topological polar surface area (TPSA) is 39.1 Å². The van der Waals surface area contributed by atoms with E-state index in [0.29, 0.717) is 6.54 Å². The molecule has 0 amide bonds. The predicted molar refractivity (Wildman–Crippen MR) is 93.0 cm³/mol. The minimum absolute atomic E-state index is 0.689. The molecule has 0 saturated carbocycles. The van der Waals surface area contributed by atoms with E-state index in [1.807, 2.05) is 22.9 Å². The van der Waals surface area contributed by atoms with Crippen LogP contribution >= 0.6 is 31.9 Å². The molecule has 0 fully saturated rings. The quantitative estimate of drug-likeness (QED) is 0.747. The lowest BCUT2D eigenvalue weighted by atomic mass is 10.2. The van der Waals surface area contributed by atoms with Gasteiger partial charge in [0, 0.05) is 11.0 Å². The Morgan fingerprint density at radius 2 is 2.05 bits per heavy atom. The van der Waals surface area contributed by atoms with Crippen molar-refractivity contribution in [3.63, 3.8) is 0 Å². The Kier molecular flexibility index (Phi) is 5.70. The SMILES string of the molecule is CCc1nn(CC)c(CNc2cc(Br)ccc2OC)c1Br. The van der Waals surface area contributed by atoms with Crippen LogP contribution < -0.4 is 10.1 Å². The molecule has 0 aliphatic heterocycles. The molecular weight excluding hydrogens is 398 g/mol. The standard InChI is InChI=1S/C15H19Br2N3O/c1-4-11-15(17)13(20(5-2)19-11)9-18-12-8-10(16)6-7-14(12)21-3/h6-8,18H,4-5,9H2,1-3H3. The Hall–Kier alpha value is -1.01. The number of rotatable bonds is 6. The maximum absolute atomic E-state index is 5.38. The van der Waals surface area contributed by atoms with E-state index < -0.39 is 0 Å². The highest BCUT2D eigenvalue weighted by Gasteiger charge is 2.14. The van der Waals surface area contributed by atoms with E-state index in [9.17, 15) is 0 Å². The Morgan fingerprint density at radius 1 is 1.29 bits per heavy atom. The summed E-state index contributed by atoms with van der Waals surface area (Å²) in [5.41, 5.74) is 3.20. The van der Waals surface area contributed by atoms with Crippen LogP contribution in [0.25, 0.3) is 0 Å². The monoisotopic (exact) mass is 415 g/mol. The minimum atomic E-state index is 0.689. The molecule has 0 atom stereocenters. The van der Waals surface area contributed by atoms with E-state index in [4.69, 9.17) is 4.74 Å². The van der Waals surface area contributed by atoms with Gasteiger partial charge in [-0.25, -0.2) is 0 Å². The molecule has 6 heteroatoms. The van der Waals surface area contributed by atoms with Gasteiger partial charge in [0.25, 0.3) is 0 Å². The van der Waals surface area contributed by atoms with Gasteiger partial charge in [0.15, 0.2) is 0 Å². The normalized spacial score (nSPS) is 10.7. The number of nitrogens with zero attached hydrogens (tertiary/aromatic N) is 2. The molecule has 2 rings (SSSR count). The third-order valence-electron chi connectivity index (χ3n) is 3.30. The van der Waals surface area contributed by atoms with Gasteiger partial charge in [0.05, 0.1) is 35.2 Å². The lowest BCUT2D eigenvalue weighted by Gasteiger charge is -2.12. The van der Waals surface area contributed by atoms with E-state index in [-0.39, 0.29) is 0 Å². The molecule has 4 nitrogen and oxygen atoms in total. The van der Waals surface area contributed by atoms with Crippen molar-refractivity contribution in [2.24, 2.45) is 0 Å². The number of nitrogens with one attached hydrogen (secondary N) is 1. The fourth-order valence-corrected chi connectivity index (χ4v) is 3.25. The third kappa shape index (κ3) is 3.61. The lowest BCUT2D eigenvalue weighted by molar-refractivity contribution is 0.416. The van der Waals surface area contributed by atoms with Crippen molar-refractivity contribution < 1.29 is 4.74 Å². The van der Waals surface area contributed by atoms with Crippen molar-refractivity contribution in [3.8, 4) is 5.75 Å². The Morgan fingerprint density at radius 3 is 2.67 bits per heavy atom. The van der Waals surface area contributed by atoms with E-state index in [0.717, 1.165) is 44.7 Å². The highest BCUT2D eigenvalue weighted by atomic mass is 79.9. The van der Waals surface area contributed by atoms with Crippen LogP contribution in [-0.4, -0.2) is 16.9 Å². The summed E-state index contributed by atoms with van der Waals surface area (Å²) in [6.07, 6.45) is 0.917. The summed E-state index contributed by atoms with van der Waals surface area (Å²) in [7, 11) is 1.68. The van der Waals surface area contributed by atoms with E-state index in [1.54, 1.807) is 7.11 Å². The molecule has 21 heavy (non-hydrogen) atoms. The lowest BCUT2D eigenvalue weighted by Crippen LogP contribution is -2.09. The van der Waals surface area contributed by atoms with Gasteiger partial charge in [0.1, 0.15) is 5.75 Å². The van der Waals surface area contributed by atoms with Gasteiger partial charge in [-0.2, -0.15) is 5.10 Å². The number of ether oxygens (including phenoxy) is 1. The molecule has 1 heterocycles. The number of anilines is 1. The zero-order valence-electron chi connectivity index (χ0n) is 12.4. The number of aryl methyl sites for hydroxylation is 2. The number of halogens is 2. The molecule has 1 aromatic carbocycles. The summed E-state index contributed by atoms with van der Waals surface area (Å²) in [5, 5.41) is 8.04. The van der Waals surface area contributed by atoms with Crippen LogP contribution in [0.15, 0.2) is 27.1 Å². The summed E-state index contributed by atoms with van der Waals surface area (Å²) < 4.78 is 9.52. The summed E-state index contributed by atoms with van der Waals surface area (Å²) in [6.45, 7) is 5.75. The van der Waals surface area contributed by atoms with Crippen LogP contribution in [0.3, 0.4) is 0 Å². The molecule has 0 radical (unpaired) electrons. The van der Waals surface area contributed by atoms with E-state index in [2.05, 4.69) is 56.1 Å². The first-order valence-corrected chi connectivity index (χ1v) is 8.50. The molecule has 0 unspecified atom stereocenters. The molecule has 1 aromatic heterocycles. The summed E-state index contributed by atoms with van der Waals surface area (Å²) >= 11 is 7.15. The van der Waals surface area contributed by atoms with Crippen LogP contribution in [0.2, 0.25) is 0 Å². The van der Waals surface area contributed by atoms with Crippen molar-refractivity contribution in [1.82, 2.24) is 9.78 Å². The first-order valence-electron chi connectivity index (χ1n) is 6.92. The van der Waals surface area contributed by atoms with Crippen molar-refractivity contribution in [2.75, 3.05) is 12.4 Å². The van der Waals surface area contributed by atoms with Crippen molar-refractivity contribution >= 4 is 37.5 Å². The Labute approximate surface area is 142 Å². The highest BCUT2D eigenvalue weighted by molar-refractivity contribution is 9.10. The van der Waals surface area contributed by atoms with Gasteiger partial charge >= 0.3 is 0 Å². The van der Waals surface area contributed by atoms with Gasteiger partial charge in [0.2, 0.25) is 0 Å². The van der Waals surface area contributed by atoms with Crippen molar-refractivity contribution in [2.45, 2.75) is 33.4 Å². The first kappa shape index (κ1) is 16.4. The minimum Gasteiger partial charge on any atom is -0.495 e. The van der Waals surface area contributed by atoms with Crippen molar-refractivity contribution in [1.29, 1.82) is 0 Å². The van der Waals surface area contributed by atoms with Crippen LogP contribution in [0, 0.1) is 0 Å². The first-order chi connectivity index (χ1) is 10.1. The number of hydrogen-bond acceptors (Lipinski definition) is 3. The second kappa shape index (κ2) is 7.31. The molecule has 2 aromatic rings. The molecule has 0 aliphatic carbocycles. The highest BCUT2D eigenvalue weighted by Crippen LogP contribution is 2.29. The second-order valence-electron chi connectivity index (χ2n) is 4.57. The number of methoxy groups -OCH3 is 1. The fraction of sp³-hybridized carbons (Fsp3) is 0.400. The van der Waals surface area contributed by atoms with Crippen LogP contribution in [0.5, 0.6) is 5.75 Å². The Bertz CT molecular complexity index is 626. The second-order valence-corrected chi connectivity index (χ2v) is 6.28. The fourth-order valence-electron chi connectivity index (χ4n) is 2.18. The van der Waals surface area contributed by atoms with E-state index >= 15 is 0 Å². The zero-order valence-corrected chi connectivity index (χ0v) is 15.6. The Balaban J connectivity index is 2.24. The summed E-state index contributed by atoms with van der Waals surface area (Å²) in [6, 6.07) is 5.92. The maximum Gasteiger partial charge on any atom is 0.142 e. The molecule has 0 spiro atoms. The smallest absolute Gasteiger partial charge is 0.142 e. The van der Waals surface area contributed by atoms with E-state index in [1.165, 1.54) is 0 Å². The maximum atomic E-state index is 5.38. The summed E-state index contributed by atoms with van der Waals surface area (Å²) in [5.74, 6) is 0.826. The molecule has 1 N–H and O–H groups in total. The van der Waals surface area contributed by atoms with Crippen LogP contribution in [0.4, 0.5) is 5.69 Å². The van der Waals surface area contributed by atoms with Crippen LogP contribution in [-0.2, 0) is 19.5 Å². The van der Waals surface area contributed by atoms with Crippen LogP contribution in [0.1, 0.15) is 25.2 Å². The molecular formula is C15H19Br2N3O. The largest absolute Gasteiger partial charge is 0.495 e. The molecule has 114 valence electrons. The molecule has 0 bridgehead atoms. The zero-order chi connectivity index (χ0) is 15.4. The molecule has 0 aliphatic rings. The van der Waals surface area contributed by atoms with Gasteiger partial charge in [-0.3, -0.25) is 4.68 Å². The summed E-state index contributed by atoms with van der Waals surface area (Å²) in [4.78, 5) is 0. The van der Waals surface area contributed by atoms with Gasteiger partial charge in [-0.05, 0) is 47.5 Å². The van der Waals surface area contributed by atoms with Gasteiger partial charge in [-0.15, -0.1) is 0 Å². The van der Waals surface area contributed by atoms with Crippen molar-refractivity contribution in [3.05, 3.63) is 38.5 Å². The average molecular weight is 417 g/mol. The number of aromatic nitrogens is 2. The van der Waals surface area contributed by atoms with Gasteiger partial charge < -0.3 is 10.1 Å². The predicted octanol–water partition coefficient (Wildman–Crippen LogP) is 4.61. The number of benzene rings is 1. The number of hydrogen-bond donors (Lipinski definition) is 1. The average Bonchev–Trinajstić information content (AvgIpc) is 2.80. The molecule has 0 saturated heterocycles.